The van der Waals surface area contributed by atoms with Crippen LogP contribution in [0.2, 0.25) is 0 Å². The van der Waals surface area contributed by atoms with Crippen molar-refractivity contribution in [1.82, 2.24) is 10.2 Å². The summed E-state index contributed by atoms with van der Waals surface area (Å²) in [4.78, 5) is 14.6. The van der Waals surface area contributed by atoms with E-state index in [2.05, 4.69) is 24.1 Å². The van der Waals surface area contributed by atoms with E-state index in [1.807, 2.05) is 0 Å². The number of nitrogens with one attached hydrogen (secondary N) is 1. The zero-order chi connectivity index (χ0) is 13.0. The molecule has 104 valence electrons. The van der Waals surface area contributed by atoms with Crippen molar-refractivity contribution in [3.05, 3.63) is 0 Å². The number of ether oxygens (including phenoxy) is 1. The molecule has 2 saturated heterocycles. The summed E-state index contributed by atoms with van der Waals surface area (Å²) in [6, 6.07) is 0.337. The first-order chi connectivity index (χ1) is 8.68. The van der Waals surface area contributed by atoms with E-state index in [-0.39, 0.29) is 12.0 Å². The van der Waals surface area contributed by atoms with Gasteiger partial charge in [-0.15, -0.1) is 0 Å². The molecule has 2 atom stereocenters. The summed E-state index contributed by atoms with van der Waals surface area (Å²) in [5, 5.41) is 3.44. The van der Waals surface area contributed by atoms with Gasteiger partial charge >= 0.3 is 0 Å². The first kappa shape index (κ1) is 13.8. The molecule has 0 bridgehead atoms. The topological polar surface area (TPSA) is 41.6 Å². The van der Waals surface area contributed by atoms with Crippen LogP contribution in [-0.4, -0.2) is 49.2 Å². The summed E-state index contributed by atoms with van der Waals surface area (Å²) in [7, 11) is 0. The predicted molar refractivity (Wildman–Crippen MR) is 71.4 cm³/mol. The van der Waals surface area contributed by atoms with Crippen molar-refractivity contribution in [2.75, 3.05) is 26.2 Å². The minimum absolute atomic E-state index is 0.169. The SMILES string of the molecule is CC(C)CC1CNCCCN1C(=O)C1CCCO1. The molecule has 1 N–H and O–H groups in total. The molecule has 2 aliphatic heterocycles. The second kappa shape index (κ2) is 6.53. The fourth-order valence-electron chi connectivity index (χ4n) is 2.94. The van der Waals surface area contributed by atoms with Crippen molar-refractivity contribution < 1.29 is 9.53 Å². The third kappa shape index (κ3) is 3.45. The van der Waals surface area contributed by atoms with Gasteiger partial charge in [-0.3, -0.25) is 4.79 Å². The quantitative estimate of drug-likeness (QED) is 0.828. The molecule has 18 heavy (non-hydrogen) atoms. The summed E-state index contributed by atoms with van der Waals surface area (Å²) < 4.78 is 5.55. The number of hydrogen-bond donors (Lipinski definition) is 1. The average molecular weight is 254 g/mol. The van der Waals surface area contributed by atoms with Gasteiger partial charge in [0.15, 0.2) is 0 Å². The van der Waals surface area contributed by atoms with Gasteiger partial charge in [-0.25, -0.2) is 0 Å². The Kier molecular flexibility index (Phi) is 5.01. The number of amides is 1. The van der Waals surface area contributed by atoms with Gasteiger partial charge in [0, 0.05) is 25.7 Å². The van der Waals surface area contributed by atoms with Crippen molar-refractivity contribution in [3.8, 4) is 0 Å². The molecule has 0 aliphatic carbocycles. The Morgan fingerprint density at radius 1 is 1.44 bits per heavy atom. The lowest BCUT2D eigenvalue weighted by atomic mass is 10.0. The van der Waals surface area contributed by atoms with E-state index in [9.17, 15) is 4.79 Å². The fraction of sp³-hybridized carbons (Fsp3) is 0.929. The van der Waals surface area contributed by atoms with Crippen molar-refractivity contribution in [2.24, 2.45) is 5.92 Å². The Morgan fingerprint density at radius 3 is 2.94 bits per heavy atom. The number of rotatable bonds is 3. The van der Waals surface area contributed by atoms with Gasteiger partial charge in [0.25, 0.3) is 5.91 Å². The van der Waals surface area contributed by atoms with Crippen LogP contribution in [0.3, 0.4) is 0 Å². The van der Waals surface area contributed by atoms with Crippen LogP contribution in [-0.2, 0) is 9.53 Å². The maximum absolute atomic E-state index is 12.5. The first-order valence-electron chi connectivity index (χ1n) is 7.31. The average Bonchev–Trinajstić information content (AvgIpc) is 2.76. The molecule has 2 heterocycles. The van der Waals surface area contributed by atoms with E-state index >= 15 is 0 Å². The monoisotopic (exact) mass is 254 g/mol. The lowest BCUT2D eigenvalue weighted by Crippen LogP contribution is -2.48. The van der Waals surface area contributed by atoms with Crippen molar-refractivity contribution in [1.29, 1.82) is 0 Å². The molecule has 4 nitrogen and oxygen atoms in total. The van der Waals surface area contributed by atoms with E-state index < -0.39 is 0 Å². The van der Waals surface area contributed by atoms with Gasteiger partial charge in [-0.05, 0) is 38.1 Å². The molecule has 0 radical (unpaired) electrons. The Morgan fingerprint density at radius 2 is 2.28 bits per heavy atom. The van der Waals surface area contributed by atoms with Crippen molar-refractivity contribution >= 4 is 5.91 Å². The summed E-state index contributed by atoms with van der Waals surface area (Å²) in [5.41, 5.74) is 0. The van der Waals surface area contributed by atoms with Gasteiger partial charge in [0.1, 0.15) is 6.10 Å². The van der Waals surface area contributed by atoms with Crippen LogP contribution in [0.1, 0.15) is 39.5 Å². The van der Waals surface area contributed by atoms with Crippen LogP contribution in [0.5, 0.6) is 0 Å². The van der Waals surface area contributed by atoms with Crippen LogP contribution in [0.15, 0.2) is 0 Å². The number of carbonyl (C=O) groups is 1. The molecule has 1 amide bonds. The second-order valence-electron chi connectivity index (χ2n) is 5.87. The highest BCUT2D eigenvalue weighted by Crippen LogP contribution is 2.20. The summed E-state index contributed by atoms with van der Waals surface area (Å²) in [6.07, 6.45) is 3.88. The second-order valence-corrected chi connectivity index (χ2v) is 5.87. The largest absolute Gasteiger partial charge is 0.368 e. The van der Waals surface area contributed by atoms with Crippen LogP contribution in [0.4, 0.5) is 0 Å². The summed E-state index contributed by atoms with van der Waals surface area (Å²) in [5.74, 6) is 0.844. The summed E-state index contributed by atoms with van der Waals surface area (Å²) in [6.45, 7) is 8.01. The minimum Gasteiger partial charge on any atom is -0.368 e. The minimum atomic E-state index is -0.169. The Labute approximate surface area is 110 Å². The zero-order valence-electron chi connectivity index (χ0n) is 11.7. The fourth-order valence-corrected chi connectivity index (χ4v) is 2.94. The summed E-state index contributed by atoms with van der Waals surface area (Å²) >= 11 is 0. The molecular formula is C14H26N2O2. The molecule has 2 unspecified atom stereocenters. The van der Waals surface area contributed by atoms with E-state index in [0.29, 0.717) is 12.0 Å². The molecule has 0 aromatic heterocycles. The van der Waals surface area contributed by atoms with Crippen LogP contribution >= 0.6 is 0 Å². The lowest BCUT2D eigenvalue weighted by Gasteiger charge is -2.32. The van der Waals surface area contributed by atoms with E-state index in [0.717, 1.165) is 51.9 Å². The van der Waals surface area contributed by atoms with E-state index in [1.165, 1.54) is 0 Å². The number of nitrogens with zero attached hydrogens (tertiary/aromatic N) is 1. The Bertz CT molecular complexity index is 275. The first-order valence-corrected chi connectivity index (χ1v) is 7.31. The standard InChI is InChI=1S/C14H26N2O2/c1-11(2)9-12-10-15-6-4-7-16(12)14(17)13-5-3-8-18-13/h11-13,15H,3-10H2,1-2H3. The normalized spacial score (nSPS) is 29.6. The predicted octanol–water partition coefficient (Wildman–Crippen LogP) is 1.40. The van der Waals surface area contributed by atoms with Gasteiger partial charge < -0.3 is 15.0 Å². The van der Waals surface area contributed by atoms with E-state index in [4.69, 9.17) is 4.74 Å². The molecular weight excluding hydrogens is 228 g/mol. The van der Waals surface area contributed by atoms with Crippen LogP contribution < -0.4 is 5.32 Å². The molecule has 0 saturated carbocycles. The Balaban J connectivity index is 2.01. The van der Waals surface area contributed by atoms with Gasteiger partial charge in [-0.2, -0.15) is 0 Å². The van der Waals surface area contributed by atoms with Gasteiger partial charge in [-0.1, -0.05) is 13.8 Å². The maximum Gasteiger partial charge on any atom is 0.251 e. The third-order valence-electron chi connectivity index (χ3n) is 3.80. The molecule has 2 fully saturated rings. The third-order valence-corrected chi connectivity index (χ3v) is 3.80. The highest BCUT2D eigenvalue weighted by molar-refractivity contribution is 5.81. The van der Waals surface area contributed by atoms with Crippen LogP contribution in [0.25, 0.3) is 0 Å². The van der Waals surface area contributed by atoms with Crippen molar-refractivity contribution in [3.63, 3.8) is 0 Å². The molecule has 0 aromatic rings. The molecule has 0 spiro atoms. The molecule has 2 rings (SSSR count). The number of hydrogen-bond acceptors (Lipinski definition) is 3. The maximum atomic E-state index is 12.5. The molecule has 0 aromatic carbocycles. The highest BCUT2D eigenvalue weighted by Gasteiger charge is 2.33. The highest BCUT2D eigenvalue weighted by atomic mass is 16.5. The molecule has 4 heteroatoms. The molecule has 2 aliphatic rings. The zero-order valence-corrected chi connectivity index (χ0v) is 11.7. The van der Waals surface area contributed by atoms with Crippen molar-refractivity contribution in [2.45, 2.75) is 51.7 Å². The van der Waals surface area contributed by atoms with Crippen LogP contribution in [0, 0.1) is 5.92 Å². The van der Waals surface area contributed by atoms with Gasteiger partial charge in [0.2, 0.25) is 0 Å². The Hall–Kier alpha value is -0.610. The smallest absolute Gasteiger partial charge is 0.251 e. The number of carbonyl (C=O) groups excluding carboxylic acids is 1. The lowest BCUT2D eigenvalue weighted by molar-refractivity contribution is -0.143. The van der Waals surface area contributed by atoms with E-state index in [1.54, 1.807) is 0 Å². The van der Waals surface area contributed by atoms with Gasteiger partial charge in [0.05, 0.1) is 0 Å².